The third kappa shape index (κ3) is 2.16. The third-order valence-corrected chi connectivity index (χ3v) is 2.70. The number of rotatable bonds is 5. The second-order valence-electron chi connectivity index (χ2n) is 4.21. The van der Waals surface area contributed by atoms with Gasteiger partial charge in [-0.25, -0.2) is 9.36 Å². The summed E-state index contributed by atoms with van der Waals surface area (Å²) >= 11 is 0. The molecule has 1 fully saturated rings. The van der Waals surface area contributed by atoms with Crippen LogP contribution >= 0.6 is 0 Å². The molecule has 0 saturated heterocycles. The van der Waals surface area contributed by atoms with Gasteiger partial charge < -0.3 is 5.32 Å². The Bertz CT molecular complexity index is 497. The fourth-order valence-electron chi connectivity index (χ4n) is 1.74. The summed E-state index contributed by atoms with van der Waals surface area (Å²) in [6.45, 7) is 1.29. The average Bonchev–Trinajstić information content (AvgIpc) is 2.91. The highest BCUT2D eigenvalue weighted by molar-refractivity contribution is 4.95. The highest BCUT2D eigenvalue weighted by Gasteiger charge is 2.27. The Kier molecular flexibility index (Phi) is 2.56. The molecule has 1 saturated carbocycles. The number of aromatic nitrogens is 7. The van der Waals surface area contributed by atoms with Gasteiger partial charge in [0.2, 0.25) is 0 Å². The van der Waals surface area contributed by atoms with Crippen LogP contribution in [0.4, 0.5) is 0 Å². The molecular formula is C9H14N8. The Morgan fingerprint density at radius 2 is 2.24 bits per heavy atom. The van der Waals surface area contributed by atoms with Gasteiger partial charge in [-0.1, -0.05) is 5.21 Å². The van der Waals surface area contributed by atoms with E-state index < -0.39 is 0 Å². The summed E-state index contributed by atoms with van der Waals surface area (Å²) in [5.41, 5.74) is 0.915. The largest absolute Gasteiger partial charge is 0.314 e. The van der Waals surface area contributed by atoms with Crippen molar-refractivity contribution in [2.24, 2.45) is 0 Å². The molecule has 8 nitrogen and oxygen atoms in total. The molecule has 90 valence electrons. The van der Waals surface area contributed by atoms with Crippen LogP contribution in [-0.2, 0) is 13.1 Å². The molecule has 0 unspecified atom stereocenters. The van der Waals surface area contributed by atoms with Crippen molar-refractivity contribution in [3.05, 3.63) is 17.7 Å². The van der Waals surface area contributed by atoms with Crippen LogP contribution in [0.5, 0.6) is 0 Å². The smallest absolute Gasteiger partial charge is 0.173 e. The number of hydrogen-bond donors (Lipinski definition) is 1. The lowest BCUT2D eigenvalue weighted by molar-refractivity contribution is 0.543. The van der Waals surface area contributed by atoms with Gasteiger partial charge in [0.1, 0.15) is 6.54 Å². The first-order valence-electron chi connectivity index (χ1n) is 5.67. The Morgan fingerprint density at radius 1 is 1.35 bits per heavy atom. The van der Waals surface area contributed by atoms with E-state index in [1.165, 1.54) is 12.8 Å². The highest BCUT2D eigenvalue weighted by Crippen LogP contribution is 2.34. The fraction of sp³-hybridized carbons (Fsp3) is 0.667. The zero-order valence-electron chi connectivity index (χ0n) is 9.61. The minimum Gasteiger partial charge on any atom is -0.314 e. The summed E-state index contributed by atoms with van der Waals surface area (Å²) in [6.07, 6.45) is 4.24. The summed E-state index contributed by atoms with van der Waals surface area (Å²) in [5, 5.41) is 22.9. The van der Waals surface area contributed by atoms with Crippen LogP contribution in [0.15, 0.2) is 6.20 Å². The lowest BCUT2D eigenvalue weighted by Gasteiger charge is -2.01. The van der Waals surface area contributed by atoms with Crippen LogP contribution in [0.2, 0.25) is 0 Å². The van der Waals surface area contributed by atoms with Crippen LogP contribution in [0.1, 0.15) is 30.4 Å². The Morgan fingerprint density at radius 3 is 3.00 bits per heavy atom. The molecule has 1 aliphatic rings. The van der Waals surface area contributed by atoms with E-state index in [0.717, 1.165) is 11.5 Å². The number of tetrazole rings is 1. The Balaban J connectivity index is 1.74. The van der Waals surface area contributed by atoms with Gasteiger partial charge in [-0.2, -0.15) is 0 Å². The molecular weight excluding hydrogens is 220 g/mol. The molecule has 0 atom stereocenters. The van der Waals surface area contributed by atoms with Crippen LogP contribution in [0.25, 0.3) is 0 Å². The van der Waals surface area contributed by atoms with Gasteiger partial charge in [0.25, 0.3) is 0 Å². The average molecular weight is 234 g/mol. The van der Waals surface area contributed by atoms with Crippen molar-refractivity contribution < 1.29 is 0 Å². The van der Waals surface area contributed by atoms with Gasteiger partial charge >= 0.3 is 0 Å². The summed E-state index contributed by atoms with van der Waals surface area (Å²) in [7, 11) is 1.88. The SMILES string of the molecule is CNCc1cn(Cc2nnnn2C2CC2)nn1. The Hall–Kier alpha value is -1.83. The van der Waals surface area contributed by atoms with Gasteiger partial charge in [-0.05, 0) is 30.3 Å². The first-order valence-corrected chi connectivity index (χ1v) is 5.67. The van der Waals surface area contributed by atoms with E-state index in [2.05, 4.69) is 31.2 Å². The minimum atomic E-state index is 0.486. The van der Waals surface area contributed by atoms with Crippen molar-refractivity contribution in [1.82, 2.24) is 40.5 Å². The van der Waals surface area contributed by atoms with Crippen LogP contribution in [-0.4, -0.2) is 42.2 Å². The summed E-state index contributed by atoms with van der Waals surface area (Å²) in [5.74, 6) is 0.841. The molecule has 17 heavy (non-hydrogen) atoms. The normalized spacial score (nSPS) is 15.4. The molecule has 0 bridgehead atoms. The third-order valence-electron chi connectivity index (χ3n) is 2.70. The quantitative estimate of drug-likeness (QED) is 0.741. The van der Waals surface area contributed by atoms with Crippen LogP contribution in [0, 0.1) is 0 Å². The molecule has 0 spiro atoms. The first kappa shape index (κ1) is 10.3. The molecule has 2 aromatic heterocycles. The first-order chi connectivity index (χ1) is 8.36. The zero-order valence-corrected chi connectivity index (χ0v) is 9.61. The molecule has 8 heteroatoms. The van der Waals surface area contributed by atoms with E-state index in [1.54, 1.807) is 4.68 Å². The predicted molar refractivity (Wildman–Crippen MR) is 58.0 cm³/mol. The van der Waals surface area contributed by atoms with E-state index in [1.807, 2.05) is 17.9 Å². The number of nitrogens with one attached hydrogen (secondary N) is 1. The summed E-state index contributed by atoms with van der Waals surface area (Å²) in [4.78, 5) is 0. The van der Waals surface area contributed by atoms with Gasteiger partial charge in [-0.15, -0.1) is 10.2 Å². The van der Waals surface area contributed by atoms with E-state index >= 15 is 0 Å². The maximum atomic E-state index is 4.05. The molecule has 3 rings (SSSR count). The van der Waals surface area contributed by atoms with E-state index in [4.69, 9.17) is 0 Å². The van der Waals surface area contributed by atoms with Crippen molar-refractivity contribution in [1.29, 1.82) is 0 Å². The van der Waals surface area contributed by atoms with E-state index in [0.29, 0.717) is 19.1 Å². The number of hydrogen-bond acceptors (Lipinski definition) is 6. The molecule has 0 amide bonds. The van der Waals surface area contributed by atoms with Crippen LogP contribution in [0.3, 0.4) is 0 Å². The molecule has 0 aliphatic heterocycles. The summed E-state index contributed by atoms with van der Waals surface area (Å²) in [6, 6.07) is 0.486. The van der Waals surface area contributed by atoms with E-state index in [-0.39, 0.29) is 0 Å². The van der Waals surface area contributed by atoms with Crippen molar-refractivity contribution >= 4 is 0 Å². The fourth-order valence-corrected chi connectivity index (χ4v) is 1.74. The van der Waals surface area contributed by atoms with Crippen molar-refractivity contribution in [3.8, 4) is 0 Å². The highest BCUT2D eigenvalue weighted by atomic mass is 15.6. The standard InChI is InChI=1S/C9H14N8/c1-10-4-7-5-16(14-11-7)6-9-12-13-15-17(9)8-2-3-8/h5,8,10H,2-4,6H2,1H3. The minimum absolute atomic E-state index is 0.486. The second-order valence-corrected chi connectivity index (χ2v) is 4.21. The molecule has 2 aromatic rings. The van der Waals surface area contributed by atoms with Crippen molar-refractivity contribution in [2.45, 2.75) is 32.0 Å². The monoisotopic (exact) mass is 234 g/mol. The zero-order chi connectivity index (χ0) is 11.7. The lowest BCUT2D eigenvalue weighted by atomic mass is 10.5. The topological polar surface area (TPSA) is 86.3 Å². The molecule has 0 aromatic carbocycles. The van der Waals surface area contributed by atoms with Gasteiger partial charge in [-0.3, -0.25) is 0 Å². The van der Waals surface area contributed by atoms with Crippen molar-refractivity contribution in [2.75, 3.05) is 7.05 Å². The van der Waals surface area contributed by atoms with E-state index in [9.17, 15) is 0 Å². The van der Waals surface area contributed by atoms with Gasteiger partial charge in [0.05, 0.1) is 17.9 Å². The molecule has 1 N–H and O–H groups in total. The Labute approximate surface area is 98.0 Å². The summed E-state index contributed by atoms with van der Waals surface area (Å²) < 4.78 is 3.65. The molecule has 0 radical (unpaired) electrons. The molecule has 2 heterocycles. The second kappa shape index (κ2) is 4.21. The maximum absolute atomic E-state index is 4.05. The van der Waals surface area contributed by atoms with Gasteiger partial charge in [0.15, 0.2) is 5.82 Å². The van der Waals surface area contributed by atoms with Crippen molar-refractivity contribution in [3.63, 3.8) is 0 Å². The molecule has 1 aliphatic carbocycles. The van der Waals surface area contributed by atoms with Gasteiger partial charge in [0, 0.05) is 6.54 Å². The number of nitrogens with zero attached hydrogens (tertiary/aromatic N) is 7. The lowest BCUT2D eigenvalue weighted by Crippen LogP contribution is -2.09. The maximum Gasteiger partial charge on any atom is 0.173 e. The van der Waals surface area contributed by atoms with Crippen LogP contribution < -0.4 is 5.32 Å². The predicted octanol–water partition coefficient (Wildman–Crippen LogP) is -0.633.